The molecule has 0 bridgehead atoms. The van der Waals surface area contributed by atoms with Crippen molar-refractivity contribution in [2.45, 2.75) is 26.4 Å². The van der Waals surface area contributed by atoms with Crippen LogP contribution >= 0.6 is 0 Å². The molecule has 0 N–H and O–H groups in total. The van der Waals surface area contributed by atoms with Crippen LogP contribution in [0.5, 0.6) is 0 Å². The van der Waals surface area contributed by atoms with Crippen LogP contribution in [0.15, 0.2) is 0 Å². The number of hydrogen-bond acceptors (Lipinski definition) is 2. The van der Waals surface area contributed by atoms with E-state index in [1.54, 1.807) is 0 Å². The van der Waals surface area contributed by atoms with Gasteiger partial charge in [0.2, 0.25) is 0 Å². The fourth-order valence-corrected chi connectivity index (χ4v) is 0.981. The van der Waals surface area contributed by atoms with Crippen LogP contribution in [0.4, 0.5) is 0 Å². The van der Waals surface area contributed by atoms with Crippen LogP contribution in [-0.2, 0) is 9.47 Å². The molecule has 1 aliphatic heterocycles. The van der Waals surface area contributed by atoms with Crippen molar-refractivity contribution >= 4 is 0 Å². The van der Waals surface area contributed by atoms with Gasteiger partial charge in [-0.1, -0.05) is 13.8 Å². The van der Waals surface area contributed by atoms with Crippen molar-refractivity contribution in [1.82, 2.24) is 0 Å². The van der Waals surface area contributed by atoms with Crippen LogP contribution in [0.25, 0.3) is 0 Å². The Balaban J connectivity index is 1.92. The van der Waals surface area contributed by atoms with Gasteiger partial charge in [0, 0.05) is 12.5 Å². The van der Waals surface area contributed by atoms with Crippen molar-refractivity contribution in [3.05, 3.63) is 0 Å². The molecule has 1 heterocycles. The minimum Gasteiger partial charge on any atom is -0.379 e. The smallest absolute Gasteiger partial charge is 0.0855 e. The highest BCUT2D eigenvalue weighted by Crippen LogP contribution is 2.19. The molecule has 0 radical (unpaired) electrons. The summed E-state index contributed by atoms with van der Waals surface area (Å²) in [7, 11) is 0. The fraction of sp³-hybridized carbons (Fsp3) is 1.00. The van der Waals surface area contributed by atoms with E-state index in [2.05, 4.69) is 13.8 Å². The first-order valence-electron chi connectivity index (χ1n) is 4.04. The zero-order valence-corrected chi connectivity index (χ0v) is 6.80. The van der Waals surface area contributed by atoms with E-state index in [1.165, 1.54) is 0 Å². The highest BCUT2D eigenvalue weighted by Gasteiger charge is 2.27. The summed E-state index contributed by atoms with van der Waals surface area (Å²) >= 11 is 0. The third kappa shape index (κ3) is 1.96. The van der Waals surface area contributed by atoms with Crippen molar-refractivity contribution in [3.63, 3.8) is 0 Å². The molecule has 0 aromatic heterocycles. The first-order chi connectivity index (χ1) is 4.84. The van der Waals surface area contributed by atoms with E-state index >= 15 is 0 Å². The summed E-state index contributed by atoms with van der Waals surface area (Å²) in [5, 5.41) is 0. The van der Waals surface area contributed by atoms with E-state index in [4.69, 9.17) is 9.47 Å². The third-order valence-electron chi connectivity index (χ3n) is 1.84. The number of rotatable bonds is 4. The van der Waals surface area contributed by atoms with E-state index in [1.807, 2.05) is 0 Å². The van der Waals surface area contributed by atoms with Gasteiger partial charge in [-0.15, -0.1) is 0 Å². The highest BCUT2D eigenvalue weighted by atomic mass is 16.5. The molecule has 0 spiro atoms. The molecule has 0 amide bonds. The minimum atomic E-state index is 0.381. The minimum absolute atomic E-state index is 0.381. The summed E-state index contributed by atoms with van der Waals surface area (Å²) in [6, 6.07) is 0. The van der Waals surface area contributed by atoms with Crippen LogP contribution in [0, 0.1) is 5.92 Å². The second kappa shape index (κ2) is 3.94. The Morgan fingerprint density at radius 2 is 2.40 bits per heavy atom. The lowest BCUT2D eigenvalue weighted by Crippen LogP contribution is -2.41. The Morgan fingerprint density at radius 1 is 1.60 bits per heavy atom. The Kier molecular flexibility index (Phi) is 3.16. The summed E-state index contributed by atoms with van der Waals surface area (Å²) in [4.78, 5) is 0. The standard InChI is InChI=1S/C8H16O2/c1-3-4-9-6-8-7(2)5-10-8/h7-8H,3-6H2,1-2H3. The lowest BCUT2D eigenvalue weighted by molar-refractivity contribution is -0.139. The van der Waals surface area contributed by atoms with Gasteiger partial charge in [0.05, 0.1) is 19.3 Å². The van der Waals surface area contributed by atoms with Gasteiger partial charge in [-0.3, -0.25) is 0 Å². The molecule has 0 saturated carbocycles. The Hall–Kier alpha value is -0.0800. The van der Waals surface area contributed by atoms with Crippen molar-refractivity contribution in [1.29, 1.82) is 0 Å². The zero-order valence-electron chi connectivity index (χ0n) is 6.80. The quantitative estimate of drug-likeness (QED) is 0.556. The molecule has 0 aromatic carbocycles. The molecule has 2 unspecified atom stereocenters. The first kappa shape index (κ1) is 8.02. The van der Waals surface area contributed by atoms with Gasteiger partial charge >= 0.3 is 0 Å². The van der Waals surface area contributed by atoms with E-state index in [9.17, 15) is 0 Å². The van der Waals surface area contributed by atoms with Gasteiger partial charge < -0.3 is 9.47 Å². The summed E-state index contributed by atoms with van der Waals surface area (Å²) in [5.41, 5.74) is 0. The molecule has 1 aliphatic rings. The molecule has 1 saturated heterocycles. The molecule has 10 heavy (non-hydrogen) atoms. The summed E-state index contributed by atoms with van der Waals surface area (Å²) in [5.74, 6) is 0.705. The normalized spacial score (nSPS) is 31.8. The largest absolute Gasteiger partial charge is 0.379 e. The van der Waals surface area contributed by atoms with Crippen molar-refractivity contribution in [2.24, 2.45) is 5.92 Å². The predicted octanol–water partition coefficient (Wildman–Crippen LogP) is 1.45. The third-order valence-corrected chi connectivity index (χ3v) is 1.84. The zero-order chi connectivity index (χ0) is 7.40. The summed E-state index contributed by atoms with van der Waals surface area (Å²) < 4.78 is 10.6. The summed E-state index contributed by atoms with van der Waals surface area (Å²) in [6.45, 7) is 6.89. The van der Waals surface area contributed by atoms with E-state index in [-0.39, 0.29) is 0 Å². The second-order valence-electron chi connectivity index (χ2n) is 2.92. The average molecular weight is 144 g/mol. The molecule has 0 aromatic rings. The van der Waals surface area contributed by atoms with Crippen molar-refractivity contribution in [3.8, 4) is 0 Å². The maximum atomic E-state index is 5.33. The molecular formula is C8H16O2. The maximum Gasteiger partial charge on any atom is 0.0855 e. The van der Waals surface area contributed by atoms with Crippen molar-refractivity contribution < 1.29 is 9.47 Å². The molecule has 1 fully saturated rings. The van der Waals surface area contributed by atoms with Gasteiger partial charge in [0.15, 0.2) is 0 Å². The molecule has 2 heteroatoms. The van der Waals surface area contributed by atoms with Crippen LogP contribution in [-0.4, -0.2) is 25.9 Å². The SMILES string of the molecule is CCCOCC1OCC1C. The predicted molar refractivity (Wildman–Crippen MR) is 40.0 cm³/mol. The monoisotopic (exact) mass is 144 g/mol. The highest BCUT2D eigenvalue weighted by molar-refractivity contribution is 4.73. The fourth-order valence-electron chi connectivity index (χ4n) is 0.981. The van der Waals surface area contributed by atoms with Crippen LogP contribution < -0.4 is 0 Å². The van der Waals surface area contributed by atoms with Gasteiger partial charge in [0.25, 0.3) is 0 Å². The van der Waals surface area contributed by atoms with E-state index in [0.29, 0.717) is 12.0 Å². The lowest BCUT2D eigenvalue weighted by Gasteiger charge is -2.33. The van der Waals surface area contributed by atoms with Gasteiger partial charge in [-0.05, 0) is 6.42 Å². The second-order valence-corrected chi connectivity index (χ2v) is 2.92. The lowest BCUT2D eigenvalue weighted by atomic mass is 10.0. The van der Waals surface area contributed by atoms with Crippen molar-refractivity contribution in [2.75, 3.05) is 19.8 Å². The molecule has 1 rings (SSSR count). The van der Waals surface area contributed by atoms with Crippen LogP contribution in [0.1, 0.15) is 20.3 Å². The number of hydrogen-bond donors (Lipinski definition) is 0. The Morgan fingerprint density at radius 3 is 2.80 bits per heavy atom. The maximum absolute atomic E-state index is 5.33. The van der Waals surface area contributed by atoms with Crippen LogP contribution in [0.3, 0.4) is 0 Å². The molecule has 0 aliphatic carbocycles. The van der Waals surface area contributed by atoms with E-state index < -0.39 is 0 Å². The van der Waals surface area contributed by atoms with Gasteiger partial charge in [0.1, 0.15) is 0 Å². The molecule has 2 atom stereocenters. The topological polar surface area (TPSA) is 18.5 Å². The first-order valence-corrected chi connectivity index (χ1v) is 4.04. The Labute approximate surface area is 62.5 Å². The molecule has 60 valence electrons. The van der Waals surface area contributed by atoms with E-state index in [0.717, 1.165) is 26.2 Å². The van der Waals surface area contributed by atoms with Gasteiger partial charge in [-0.25, -0.2) is 0 Å². The van der Waals surface area contributed by atoms with Crippen LogP contribution in [0.2, 0.25) is 0 Å². The molecule has 2 nitrogen and oxygen atoms in total. The van der Waals surface area contributed by atoms with Gasteiger partial charge in [-0.2, -0.15) is 0 Å². The summed E-state index contributed by atoms with van der Waals surface area (Å²) in [6.07, 6.45) is 1.48. The molecular weight excluding hydrogens is 128 g/mol. The number of ether oxygens (including phenoxy) is 2. The Bertz CT molecular complexity index is 93.3. The average Bonchev–Trinajstić information content (AvgIpc) is 1.95.